The van der Waals surface area contributed by atoms with E-state index in [1.54, 1.807) is 12.1 Å². The van der Waals surface area contributed by atoms with E-state index in [2.05, 4.69) is 9.47 Å². The molecule has 0 aliphatic rings. The zero-order chi connectivity index (χ0) is 9.52. The molecule has 4 heteroatoms. The molecule has 68 valence electrons. The minimum absolute atomic E-state index is 0.0350. The van der Waals surface area contributed by atoms with Crippen LogP contribution in [0.25, 0.3) is 0 Å². The van der Waals surface area contributed by atoms with E-state index in [0.717, 1.165) is 5.56 Å². The summed E-state index contributed by atoms with van der Waals surface area (Å²) in [6.45, 7) is 0.140. The van der Waals surface area contributed by atoms with E-state index in [0.29, 0.717) is 0 Å². The van der Waals surface area contributed by atoms with Gasteiger partial charge in [-0.2, -0.15) is 0 Å². The van der Waals surface area contributed by atoms with Crippen molar-refractivity contribution in [3.8, 4) is 0 Å². The highest BCUT2D eigenvalue weighted by Gasteiger charge is 2.01. The molecule has 0 saturated heterocycles. The molecule has 0 aliphatic heterocycles. The number of benzene rings is 1. The largest absolute Gasteiger partial charge is 0.516 e. The summed E-state index contributed by atoms with van der Waals surface area (Å²) < 4.78 is 8.50. The van der Waals surface area contributed by atoms with Crippen molar-refractivity contribution in [3.63, 3.8) is 0 Å². The highest BCUT2D eigenvalue weighted by Crippen LogP contribution is 2.00. The molecule has 1 aromatic carbocycles. The molecule has 0 aromatic heterocycles. The Bertz CT molecular complexity index is 281. The molecule has 0 atom stereocenters. The minimum Gasteiger partial charge on any atom is -0.429 e. The summed E-state index contributed by atoms with van der Waals surface area (Å²) in [5, 5.41) is 0. The van der Waals surface area contributed by atoms with Crippen molar-refractivity contribution in [2.45, 2.75) is 6.61 Å². The third-order valence-electron chi connectivity index (χ3n) is 1.34. The van der Waals surface area contributed by atoms with E-state index in [1.807, 2.05) is 18.2 Å². The number of carbonyl (C=O) groups excluding carboxylic acids is 2. The van der Waals surface area contributed by atoms with Gasteiger partial charge in [0.25, 0.3) is 0 Å². The van der Waals surface area contributed by atoms with Gasteiger partial charge >= 0.3 is 12.6 Å². The fraction of sp³-hybridized carbons (Fsp3) is 0.111. The summed E-state index contributed by atoms with van der Waals surface area (Å²) in [6, 6.07) is 9.10. The summed E-state index contributed by atoms with van der Waals surface area (Å²) in [4.78, 5) is 20.2. The first-order valence-electron chi connectivity index (χ1n) is 3.64. The molecular formula is C9H8O4. The van der Waals surface area contributed by atoms with Gasteiger partial charge in [-0.3, -0.25) is 4.79 Å². The van der Waals surface area contributed by atoms with Crippen molar-refractivity contribution < 1.29 is 19.1 Å². The van der Waals surface area contributed by atoms with E-state index in [-0.39, 0.29) is 13.1 Å². The summed E-state index contributed by atoms with van der Waals surface area (Å²) >= 11 is 0. The van der Waals surface area contributed by atoms with Gasteiger partial charge < -0.3 is 9.47 Å². The lowest BCUT2D eigenvalue weighted by molar-refractivity contribution is -0.125. The van der Waals surface area contributed by atoms with Gasteiger partial charge in [-0.05, 0) is 5.56 Å². The summed E-state index contributed by atoms with van der Waals surface area (Å²) in [7, 11) is 0. The van der Waals surface area contributed by atoms with Crippen LogP contribution in [0.1, 0.15) is 5.56 Å². The molecular weight excluding hydrogens is 172 g/mol. The monoisotopic (exact) mass is 180 g/mol. The van der Waals surface area contributed by atoms with Crippen molar-refractivity contribution >= 4 is 12.6 Å². The van der Waals surface area contributed by atoms with Crippen molar-refractivity contribution in [1.82, 2.24) is 0 Å². The van der Waals surface area contributed by atoms with Crippen LogP contribution in [0.5, 0.6) is 0 Å². The number of hydrogen-bond acceptors (Lipinski definition) is 4. The van der Waals surface area contributed by atoms with Crippen LogP contribution in [0.4, 0.5) is 4.79 Å². The SMILES string of the molecule is O=COC(=O)OCc1ccccc1. The summed E-state index contributed by atoms with van der Waals surface area (Å²) in [6.07, 6.45) is -0.987. The Morgan fingerprint density at radius 2 is 2.00 bits per heavy atom. The predicted octanol–water partition coefficient (Wildman–Crippen LogP) is 1.50. The van der Waals surface area contributed by atoms with Gasteiger partial charge in [-0.15, -0.1) is 0 Å². The number of hydrogen-bond donors (Lipinski definition) is 0. The van der Waals surface area contributed by atoms with Crippen LogP contribution in [-0.2, 0) is 20.9 Å². The van der Waals surface area contributed by atoms with Gasteiger partial charge in [0.1, 0.15) is 6.61 Å². The third-order valence-corrected chi connectivity index (χ3v) is 1.34. The normalized spacial score (nSPS) is 8.92. The van der Waals surface area contributed by atoms with Gasteiger partial charge in [0.2, 0.25) is 0 Å². The van der Waals surface area contributed by atoms with Crippen LogP contribution in [-0.4, -0.2) is 12.6 Å². The second-order valence-corrected chi connectivity index (χ2v) is 2.24. The average Bonchev–Trinajstić information content (AvgIpc) is 2.17. The van der Waals surface area contributed by atoms with Crippen LogP contribution < -0.4 is 0 Å². The van der Waals surface area contributed by atoms with E-state index >= 15 is 0 Å². The van der Waals surface area contributed by atoms with E-state index in [1.165, 1.54) is 0 Å². The van der Waals surface area contributed by atoms with Gasteiger partial charge in [-0.1, -0.05) is 30.3 Å². The molecule has 0 radical (unpaired) electrons. The summed E-state index contributed by atoms with van der Waals surface area (Å²) in [5.41, 5.74) is 0.838. The molecule has 0 N–H and O–H groups in total. The Morgan fingerprint density at radius 1 is 1.31 bits per heavy atom. The van der Waals surface area contributed by atoms with Crippen LogP contribution in [0.15, 0.2) is 30.3 Å². The van der Waals surface area contributed by atoms with Crippen LogP contribution in [0, 0.1) is 0 Å². The Labute approximate surface area is 75.1 Å². The maximum Gasteiger partial charge on any atom is 0.516 e. The number of ether oxygens (including phenoxy) is 2. The Morgan fingerprint density at radius 3 is 2.62 bits per heavy atom. The molecule has 13 heavy (non-hydrogen) atoms. The molecule has 0 fully saturated rings. The van der Waals surface area contributed by atoms with E-state index in [9.17, 15) is 9.59 Å². The Hall–Kier alpha value is -1.84. The fourth-order valence-corrected chi connectivity index (χ4v) is 0.790. The zero-order valence-corrected chi connectivity index (χ0v) is 6.80. The smallest absolute Gasteiger partial charge is 0.429 e. The maximum absolute atomic E-state index is 10.5. The predicted molar refractivity (Wildman–Crippen MR) is 43.8 cm³/mol. The second-order valence-electron chi connectivity index (χ2n) is 2.24. The summed E-state index contributed by atoms with van der Waals surface area (Å²) in [5.74, 6) is 0. The van der Waals surface area contributed by atoms with Crippen molar-refractivity contribution in [2.24, 2.45) is 0 Å². The molecule has 1 aromatic rings. The highest BCUT2D eigenvalue weighted by molar-refractivity contribution is 5.69. The lowest BCUT2D eigenvalue weighted by atomic mass is 10.2. The second kappa shape index (κ2) is 4.92. The van der Waals surface area contributed by atoms with Gasteiger partial charge in [-0.25, -0.2) is 4.79 Å². The Balaban J connectivity index is 2.35. The highest BCUT2D eigenvalue weighted by atomic mass is 16.7. The van der Waals surface area contributed by atoms with Gasteiger partial charge in [0.15, 0.2) is 0 Å². The van der Waals surface area contributed by atoms with Gasteiger partial charge in [0, 0.05) is 0 Å². The van der Waals surface area contributed by atoms with Crippen molar-refractivity contribution in [1.29, 1.82) is 0 Å². The molecule has 1 rings (SSSR count). The fourth-order valence-electron chi connectivity index (χ4n) is 0.790. The van der Waals surface area contributed by atoms with E-state index in [4.69, 9.17) is 0 Å². The first-order chi connectivity index (χ1) is 6.33. The van der Waals surface area contributed by atoms with Crippen LogP contribution in [0.3, 0.4) is 0 Å². The topological polar surface area (TPSA) is 52.6 Å². The number of rotatable bonds is 3. The molecule has 0 aliphatic carbocycles. The maximum atomic E-state index is 10.5. The third kappa shape index (κ3) is 3.37. The first kappa shape index (κ1) is 9.25. The van der Waals surface area contributed by atoms with Gasteiger partial charge in [0.05, 0.1) is 0 Å². The lowest BCUT2D eigenvalue weighted by Gasteiger charge is -2.00. The van der Waals surface area contributed by atoms with E-state index < -0.39 is 6.16 Å². The molecule has 0 heterocycles. The first-order valence-corrected chi connectivity index (χ1v) is 3.64. The lowest BCUT2D eigenvalue weighted by Crippen LogP contribution is -2.05. The molecule has 0 amide bonds. The standard InChI is InChI=1S/C9H8O4/c10-7-13-9(11)12-6-8-4-2-1-3-5-8/h1-5,7H,6H2. The van der Waals surface area contributed by atoms with Crippen LogP contribution >= 0.6 is 0 Å². The average molecular weight is 180 g/mol. The minimum atomic E-state index is -0.987. The molecule has 0 bridgehead atoms. The molecule has 0 saturated carbocycles. The quantitative estimate of drug-likeness (QED) is 0.401. The van der Waals surface area contributed by atoms with Crippen LogP contribution in [0.2, 0.25) is 0 Å². The molecule has 0 spiro atoms. The van der Waals surface area contributed by atoms with Crippen molar-refractivity contribution in [2.75, 3.05) is 0 Å². The molecule has 4 nitrogen and oxygen atoms in total. The van der Waals surface area contributed by atoms with Crippen molar-refractivity contribution in [3.05, 3.63) is 35.9 Å². The Kier molecular flexibility index (Phi) is 3.50. The molecule has 0 unspecified atom stereocenters. The zero-order valence-electron chi connectivity index (χ0n) is 6.80. The number of carbonyl (C=O) groups is 2.